The molecule has 1 N–H and O–H groups in total. The van der Waals surface area contributed by atoms with Crippen molar-refractivity contribution in [3.8, 4) is 0 Å². The summed E-state index contributed by atoms with van der Waals surface area (Å²) in [4.78, 5) is 16.9. The molecule has 0 unspecified atom stereocenters. The molecule has 110 valence electrons. The fraction of sp³-hybridized carbons (Fsp3) is 0.933. The van der Waals surface area contributed by atoms with Crippen molar-refractivity contribution >= 4 is 5.91 Å². The van der Waals surface area contributed by atoms with Crippen LogP contribution in [0.5, 0.6) is 0 Å². The molecular formula is C15H29N3O. The molecule has 0 spiro atoms. The lowest BCUT2D eigenvalue weighted by Gasteiger charge is -2.21. The Hall–Kier alpha value is -0.610. The van der Waals surface area contributed by atoms with Crippen molar-refractivity contribution in [2.45, 2.75) is 52.1 Å². The van der Waals surface area contributed by atoms with E-state index in [2.05, 4.69) is 35.9 Å². The van der Waals surface area contributed by atoms with E-state index in [9.17, 15) is 4.79 Å². The van der Waals surface area contributed by atoms with E-state index >= 15 is 0 Å². The maximum absolute atomic E-state index is 12.0. The Morgan fingerprint density at radius 2 is 1.95 bits per heavy atom. The lowest BCUT2D eigenvalue weighted by atomic mass is 10.1. The topological polar surface area (TPSA) is 35.6 Å². The summed E-state index contributed by atoms with van der Waals surface area (Å²) in [7, 11) is 0. The Balaban J connectivity index is 1.69. The Bertz CT molecular complexity index is 300. The van der Waals surface area contributed by atoms with Gasteiger partial charge in [0.2, 0.25) is 5.91 Å². The SMILES string of the molecule is CC(C)N1C[C@@H](C)[C@H](NC(=O)CCN2CCCC2)C1. The zero-order valence-corrected chi connectivity index (χ0v) is 12.7. The number of likely N-dealkylation sites (tertiary alicyclic amines) is 2. The number of amides is 1. The van der Waals surface area contributed by atoms with Gasteiger partial charge in [-0.2, -0.15) is 0 Å². The van der Waals surface area contributed by atoms with Gasteiger partial charge in [-0.15, -0.1) is 0 Å². The van der Waals surface area contributed by atoms with E-state index in [1.54, 1.807) is 0 Å². The van der Waals surface area contributed by atoms with Gasteiger partial charge in [0.15, 0.2) is 0 Å². The van der Waals surface area contributed by atoms with Crippen molar-refractivity contribution in [2.24, 2.45) is 5.92 Å². The van der Waals surface area contributed by atoms with E-state index in [-0.39, 0.29) is 5.91 Å². The number of hydrogen-bond donors (Lipinski definition) is 1. The highest BCUT2D eigenvalue weighted by Gasteiger charge is 2.31. The molecule has 0 aromatic rings. The van der Waals surface area contributed by atoms with E-state index < -0.39 is 0 Å². The standard InChI is InChI=1S/C15H29N3O/c1-12(2)18-10-13(3)14(11-18)16-15(19)6-9-17-7-4-5-8-17/h12-14H,4-11H2,1-3H3,(H,16,19)/t13-,14-/m1/s1. The van der Waals surface area contributed by atoms with Crippen LogP contribution in [0.25, 0.3) is 0 Å². The van der Waals surface area contributed by atoms with Crippen LogP contribution in [0.2, 0.25) is 0 Å². The molecule has 0 aromatic heterocycles. The Kier molecular flexibility index (Phi) is 5.22. The van der Waals surface area contributed by atoms with Crippen molar-refractivity contribution in [3.63, 3.8) is 0 Å². The molecule has 1 amide bonds. The van der Waals surface area contributed by atoms with Gasteiger partial charge in [0.05, 0.1) is 0 Å². The van der Waals surface area contributed by atoms with Gasteiger partial charge in [-0.1, -0.05) is 6.92 Å². The zero-order chi connectivity index (χ0) is 13.8. The summed E-state index contributed by atoms with van der Waals surface area (Å²) in [5, 5.41) is 3.23. The summed E-state index contributed by atoms with van der Waals surface area (Å²) in [5.74, 6) is 0.799. The number of rotatable bonds is 5. The minimum absolute atomic E-state index is 0.231. The van der Waals surface area contributed by atoms with Crippen molar-refractivity contribution in [1.29, 1.82) is 0 Å². The molecule has 0 radical (unpaired) electrons. The highest BCUT2D eigenvalue weighted by molar-refractivity contribution is 5.76. The summed E-state index contributed by atoms with van der Waals surface area (Å²) in [6.45, 7) is 12.1. The van der Waals surface area contributed by atoms with Gasteiger partial charge in [0.1, 0.15) is 0 Å². The van der Waals surface area contributed by atoms with E-state index in [0.717, 1.165) is 19.6 Å². The molecule has 0 aromatic carbocycles. The van der Waals surface area contributed by atoms with Crippen LogP contribution in [-0.4, -0.2) is 60.5 Å². The van der Waals surface area contributed by atoms with Gasteiger partial charge in [0, 0.05) is 38.1 Å². The van der Waals surface area contributed by atoms with Crippen molar-refractivity contribution in [2.75, 3.05) is 32.7 Å². The number of hydrogen-bond acceptors (Lipinski definition) is 3. The molecular weight excluding hydrogens is 238 g/mol. The zero-order valence-electron chi connectivity index (χ0n) is 12.7. The minimum atomic E-state index is 0.231. The molecule has 2 heterocycles. The number of carbonyl (C=O) groups excluding carboxylic acids is 1. The van der Waals surface area contributed by atoms with E-state index in [4.69, 9.17) is 0 Å². The molecule has 2 rings (SSSR count). The summed E-state index contributed by atoms with van der Waals surface area (Å²) in [6.07, 6.45) is 3.25. The van der Waals surface area contributed by atoms with Crippen LogP contribution in [0.4, 0.5) is 0 Å². The Morgan fingerprint density at radius 1 is 1.26 bits per heavy atom. The highest BCUT2D eigenvalue weighted by Crippen LogP contribution is 2.18. The van der Waals surface area contributed by atoms with E-state index in [1.807, 2.05) is 0 Å². The minimum Gasteiger partial charge on any atom is -0.352 e. The maximum atomic E-state index is 12.0. The lowest BCUT2D eigenvalue weighted by Crippen LogP contribution is -2.41. The van der Waals surface area contributed by atoms with Crippen LogP contribution in [0.1, 0.15) is 40.0 Å². The second-order valence-corrected chi connectivity index (χ2v) is 6.50. The van der Waals surface area contributed by atoms with Gasteiger partial charge >= 0.3 is 0 Å². The molecule has 0 aliphatic carbocycles. The molecule has 2 atom stereocenters. The molecule has 2 saturated heterocycles. The Morgan fingerprint density at radius 3 is 2.53 bits per heavy atom. The van der Waals surface area contributed by atoms with Crippen LogP contribution in [0.15, 0.2) is 0 Å². The third-order valence-corrected chi connectivity index (χ3v) is 4.57. The van der Waals surface area contributed by atoms with Crippen molar-refractivity contribution in [3.05, 3.63) is 0 Å². The quantitative estimate of drug-likeness (QED) is 0.816. The monoisotopic (exact) mass is 267 g/mol. The third kappa shape index (κ3) is 4.18. The summed E-state index contributed by atoms with van der Waals surface area (Å²) >= 11 is 0. The predicted octanol–water partition coefficient (Wildman–Crippen LogP) is 1.32. The number of nitrogens with one attached hydrogen (secondary N) is 1. The second kappa shape index (κ2) is 6.71. The van der Waals surface area contributed by atoms with Crippen LogP contribution in [-0.2, 0) is 4.79 Å². The van der Waals surface area contributed by atoms with Crippen LogP contribution < -0.4 is 5.32 Å². The van der Waals surface area contributed by atoms with Crippen LogP contribution in [0.3, 0.4) is 0 Å². The molecule has 19 heavy (non-hydrogen) atoms. The smallest absolute Gasteiger partial charge is 0.221 e. The Labute approximate surface area is 117 Å². The van der Waals surface area contributed by atoms with E-state index in [0.29, 0.717) is 24.4 Å². The number of nitrogens with zero attached hydrogens (tertiary/aromatic N) is 2. The molecule has 2 fully saturated rings. The second-order valence-electron chi connectivity index (χ2n) is 6.50. The number of carbonyl (C=O) groups is 1. The van der Waals surface area contributed by atoms with Crippen LogP contribution in [0, 0.1) is 5.92 Å². The molecule has 4 heteroatoms. The first-order valence-electron chi connectivity index (χ1n) is 7.82. The molecule has 2 aliphatic rings. The highest BCUT2D eigenvalue weighted by atomic mass is 16.1. The van der Waals surface area contributed by atoms with Gasteiger partial charge in [-0.05, 0) is 45.7 Å². The normalized spacial score (nSPS) is 29.3. The summed E-state index contributed by atoms with van der Waals surface area (Å²) < 4.78 is 0. The van der Waals surface area contributed by atoms with Gasteiger partial charge in [0.25, 0.3) is 0 Å². The molecule has 0 bridgehead atoms. The van der Waals surface area contributed by atoms with Crippen molar-refractivity contribution < 1.29 is 4.79 Å². The molecule has 4 nitrogen and oxygen atoms in total. The fourth-order valence-corrected chi connectivity index (χ4v) is 3.16. The summed E-state index contributed by atoms with van der Waals surface area (Å²) in [6, 6.07) is 0.919. The predicted molar refractivity (Wildman–Crippen MR) is 78.1 cm³/mol. The van der Waals surface area contributed by atoms with E-state index in [1.165, 1.54) is 25.9 Å². The maximum Gasteiger partial charge on any atom is 0.221 e. The summed E-state index contributed by atoms with van der Waals surface area (Å²) in [5.41, 5.74) is 0. The fourth-order valence-electron chi connectivity index (χ4n) is 3.16. The van der Waals surface area contributed by atoms with Crippen LogP contribution >= 0.6 is 0 Å². The third-order valence-electron chi connectivity index (χ3n) is 4.57. The van der Waals surface area contributed by atoms with Gasteiger partial charge in [-0.3, -0.25) is 9.69 Å². The molecule has 2 aliphatic heterocycles. The first-order chi connectivity index (χ1) is 9.06. The first-order valence-corrected chi connectivity index (χ1v) is 7.82. The average Bonchev–Trinajstić information content (AvgIpc) is 2.97. The van der Waals surface area contributed by atoms with Gasteiger partial charge < -0.3 is 10.2 Å². The van der Waals surface area contributed by atoms with Crippen molar-refractivity contribution in [1.82, 2.24) is 15.1 Å². The molecule has 0 saturated carbocycles. The lowest BCUT2D eigenvalue weighted by molar-refractivity contribution is -0.122. The largest absolute Gasteiger partial charge is 0.352 e. The van der Waals surface area contributed by atoms with Gasteiger partial charge in [-0.25, -0.2) is 0 Å². The average molecular weight is 267 g/mol. The first kappa shape index (κ1) is 14.8.